The molecule has 24 heavy (non-hydrogen) atoms. The Morgan fingerprint density at radius 3 is 2.79 bits per heavy atom. The summed E-state index contributed by atoms with van der Waals surface area (Å²) in [5, 5.41) is 3.36. The molecule has 0 fully saturated rings. The van der Waals surface area contributed by atoms with Gasteiger partial charge < -0.3 is 24.3 Å². The molecule has 1 aliphatic rings. The van der Waals surface area contributed by atoms with Gasteiger partial charge in [0.25, 0.3) is 0 Å². The number of nitrogens with zero attached hydrogens (tertiary/aromatic N) is 3. The van der Waals surface area contributed by atoms with E-state index in [4.69, 9.17) is 9.47 Å². The summed E-state index contributed by atoms with van der Waals surface area (Å²) in [6.07, 6.45) is 2.00. The quantitative estimate of drug-likeness (QED) is 0.688. The van der Waals surface area contributed by atoms with Crippen LogP contribution in [0.1, 0.15) is 5.69 Å². The van der Waals surface area contributed by atoms with Crippen molar-refractivity contribution in [2.24, 2.45) is 12.0 Å². The summed E-state index contributed by atoms with van der Waals surface area (Å²) in [5.41, 5.74) is 1.23. The molecule has 128 valence electrons. The number of fused-ring (bicyclic) bond motifs is 1. The third-order valence-electron chi connectivity index (χ3n) is 4.08. The summed E-state index contributed by atoms with van der Waals surface area (Å²) >= 11 is 0. The third kappa shape index (κ3) is 3.64. The van der Waals surface area contributed by atoms with Crippen molar-refractivity contribution in [2.45, 2.75) is 12.6 Å². The van der Waals surface area contributed by atoms with Crippen LogP contribution in [0.25, 0.3) is 0 Å². The maximum absolute atomic E-state index is 5.97. The summed E-state index contributed by atoms with van der Waals surface area (Å²) in [5.74, 6) is 2.43. The van der Waals surface area contributed by atoms with Gasteiger partial charge in [0.2, 0.25) is 0 Å². The van der Waals surface area contributed by atoms with E-state index in [1.807, 2.05) is 50.6 Å². The molecule has 0 bridgehead atoms. The van der Waals surface area contributed by atoms with Gasteiger partial charge in [0.05, 0.1) is 13.1 Å². The molecule has 1 aliphatic heterocycles. The minimum atomic E-state index is -0.0416. The molecular formula is C18H24N4O2. The van der Waals surface area contributed by atoms with Gasteiger partial charge in [-0.3, -0.25) is 4.99 Å². The van der Waals surface area contributed by atoms with Crippen LogP contribution in [-0.2, 0) is 13.6 Å². The smallest absolute Gasteiger partial charge is 0.193 e. The number of nitrogens with one attached hydrogen (secondary N) is 1. The molecule has 1 aromatic heterocycles. The molecule has 2 aromatic rings. The van der Waals surface area contributed by atoms with E-state index in [-0.39, 0.29) is 6.10 Å². The normalized spacial score (nSPS) is 16.8. The summed E-state index contributed by atoms with van der Waals surface area (Å²) in [7, 11) is 5.86. The topological polar surface area (TPSA) is 51.0 Å². The lowest BCUT2D eigenvalue weighted by Crippen LogP contribution is -2.45. The van der Waals surface area contributed by atoms with Gasteiger partial charge in [-0.15, -0.1) is 0 Å². The number of hydrogen-bond acceptors (Lipinski definition) is 3. The Morgan fingerprint density at radius 1 is 1.29 bits per heavy atom. The van der Waals surface area contributed by atoms with Crippen molar-refractivity contribution < 1.29 is 9.47 Å². The molecule has 6 heteroatoms. The van der Waals surface area contributed by atoms with E-state index in [1.165, 1.54) is 5.69 Å². The first-order chi connectivity index (χ1) is 11.7. The molecule has 1 atom stereocenters. The van der Waals surface area contributed by atoms with Gasteiger partial charge in [-0.1, -0.05) is 12.1 Å². The molecule has 0 aliphatic carbocycles. The van der Waals surface area contributed by atoms with Gasteiger partial charge in [0.15, 0.2) is 17.5 Å². The predicted octanol–water partition coefficient (Wildman–Crippen LogP) is 1.87. The van der Waals surface area contributed by atoms with E-state index in [0.29, 0.717) is 13.2 Å². The maximum Gasteiger partial charge on any atom is 0.193 e. The van der Waals surface area contributed by atoms with Crippen LogP contribution in [-0.4, -0.2) is 48.8 Å². The lowest BCUT2D eigenvalue weighted by molar-refractivity contribution is 0.0931. The Hall–Kier alpha value is -2.63. The van der Waals surface area contributed by atoms with Crippen molar-refractivity contribution in [3.05, 3.63) is 48.3 Å². The number of aryl methyl sites for hydroxylation is 1. The Labute approximate surface area is 142 Å². The number of rotatable bonds is 4. The van der Waals surface area contributed by atoms with Crippen LogP contribution in [0.4, 0.5) is 0 Å². The van der Waals surface area contributed by atoms with Gasteiger partial charge in [-0.25, -0.2) is 0 Å². The molecule has 1 N–H and O–H groups in total. The second kappa shape index (κ2) is 7.29. The Kier molecular flexibility index (Phi) is 4.93. The zero-order chi connectivity index (χ0) is 16.9. The van der Waals surface area contributed by atoms with E-state index in [9.17, 15) is 0 Å². The van der Waals surface area contributed by atoms with Crippen LogP contribution in [0.2, 0.25) is 0 Å². The number of benzene rings is 1. The van der Waals surface area contributed by atoms with Crippen LogP contribution in [0, 0.1) is 0 Å². The predicted molar refractivity (Wildman–Crippen MR) is 94.6 cm³/mol. The second-order valence-electron chi connectivity index (χ2n) is 5.89. The number of para-hydroxylation sites is 2. The number of aliphatic imine (C=N–C) groups is 1. The molecule has 6 nitrogen and oxygen atoms in total. The standard InChI is InChI=1S/C18H24N4O2/c1-19-18(22(3)12-14-7-6-10-21(14)2)20-11-15-13-23-16-8-4-5-9-17(16)24-15/h4-10,15H,11-13H2,1-3H3,(H,19,20). The van der Waals surface area contributed by atoms with Crippen LogP contribution < -0.4 is 14.8 Å². The van der Waals surface area contributed by atoms with Gasteiger partial charge in [-0.05, 0) is 24.3 Å². The fraction of sp³-hybridized carbons (Fsp3) is 0.389. The summed E-state index contributed by atoms with van der Waals surface area (Å²) in [6, 6.07) is 11.9. The van der Waals surface area contributed by atoms with Crippen LogP contribution in [0.5, 0.6) is 11.5 Å². The van der Waals surface area contributed by atoms with Crippen molar-refractivity contribution in [1.29, 1.82) is 0 Å². The van der Waals surface area contributed by atoms with Crippen molar-refractivity contribution in [1.82, 2.24) is 14.8 Å². The molecule has 0 spiro atoms. The van der Waals surface area contributed by atoms with Crippen molar-refractivity contribution in [3.8, 4) is 11.5 Å². The van der Waals surface area contributed by atoms with Gasteiger partial charge in [0, 0.05) is 33.0 Å². The highest BCUT2D eigenvalue weighted by Gasteiger charge is 2.21. The fourth-order valence-corrected chi connectivity index (χ4v) is 2.73. The lowest BCUT2D eigenvalue weighted by Gasteiger charge is -2.28. The summed E-state index contributed by atoms with van der Waals surface area (Å²) in [4.78, 5) is 6.44. The number of hydrogen-bond donors (Lipinski definition) is 1. The highest BCUT2D eigenvalue weighted by Crippen LogP contribution is 2.30. The Bertz CT molecular complexity index is 711. The average Bonchev–Trinajstić information content (AvgIpc) is 3.00. The van der Waals surface area contributed by atoms with E-state index >= 15 is 0 Å². The molecule has 0 saturated carbocycles. The van der Waals surface area contributed by atoms with Crippen molar-refractivity contribution in [2.75, 3.05) is 27.2 Å². The molecule has 3 rings (SSSR count). The third-order valence-corrected chi connectivity index (χ3v) is 4.08. The van der Waals surface area contributed by atoms with Crippen LogP contribution in [0.15, 0.2) is 47.6 Å². The molecule has 1 unspecified atom stereocenters. The molecule has 0 amide bonds. The van der Waals surface area contributed by atoms with Gasteiger partial charge >= 0.3 is 0 Å². The van der Waals surface area contributed by atoms with E-state index in [1.54, 1.807) is 7.05 Å². The van der Waals surface area contributed by atoms with Crippen LogP contribution >= 0.6 is 0 Å². The zero-order valence-electron chi connectivity index (χ0n) is 14.4. The minimum absolute atomic E-state index is 0.0416. The van der Waals surface area contributed by atoms with E-state index in [2.05, 4.69) is 25.8 Å². The highest BCUT2D eigenvalue weighted by atomic mass is 16.6. The van der Waals surface area contributed by atoms with E-state index in [0.717, 1.165) is 24.0 Å². The molecule has 1 aromatic carbocycles. The zero-order valence-corrected chi connectivity index (χ0v) is 14.4. The SMILES string of the molecule is CN=C(NCC1COc2ccccc2O1)N(C)Cc1cccn1C. The molecule has 0 radical (unpaired) electrons. The monoisotopic (exact) mass is 328 g/mol. The lowest BCUT2D eigenvalue weighted by atomic mass is 10.2. The first-order valence-corrected chi connectivity index (χ1v) is 8.08. The first kappa shape index (κ1) is 16.2. The molecule has 2 heterocycles. The Balaban J connectivity index is 1.54. The largest absolute Gasteiger partial charge is 0.486 e. The second-order valence-corrected chi connectivity index (χ2v) is 5.89. The summed E-state index contributed by atoms with van der Waals surface area (Å²) < 4.78 is 13.8. The Morgan fingerprint density at radius 2 is 2.08 bits per heavy atom. The van der Waals surface area contributed by atoms with Crippen molar-refractivity contribution in [3.63, 3.8) is 0 Å². The maximum atomic E-state index is 5.97. The van der Waals surface area contributed by atoms with E-state index < -0.39 is 0 Å². The molecule has 0 saturated heterocycles. The highest BCUT2D eigenvalue weighted by molar-refractivity contribution is 5.79. The van der Waals surface area contributed by atoms with Crippen LogP contribution in [0.3, 0.4) is 0 Å². The molecular weight excluding hydrogens is 304 g/mol. The van der Waals surface area contributed by atoms with Gasteiger partial charge in [0.1, 0.15) is 12.7 Å². The fourth-order valence-electron chi connectivity index (χ4n) is 2.73. The average molecular weight is 328 g/mol. The van der Waals surface area contributed by atoms with Gasteiger partial charge in [-0.2, -0.15) is 0 Å². The number of aromatic nitrogens is 1. The summed E-state index contributed by atoms with van der Waals surface area (Å²) in [6.45, 7) is 1.95. The van der Waals surface area contributed by atoms with Crippen molar-refractivity contribution >= 4 is 5.96 Å². The minimum Gasteiger partial charge on any atom is -0.486 e. The number of guanidine groups is 1. The first-order valence-electron chi connectivity index (χ1n) is 8.08. The number of ether oxygens (including phenoxy) is 2.